The first-order valence-electron chi connectivity index (χ1n) is 6.70. The van der Waals surface area contributed by atoms with E-state index in [1.165, 1.54) is 17.7 Å². The fourth-order valence-electron chi connectivity index (χ4n) is 2.37. The lowest BCUT2D eigenvalue weighted by Gasteiger charge is -2.17. The van der Waals surface area contributed by atoms with Crippen LogP contribution in [0.1, 0.15) is 36.6 Å². The molecule has 0 bridgehead atoms. The number of methoxy groups -OCH3 is 1. The highest BCUT2D eigenvalue weighted by molar-refractivity contribution is 7.80. The molecule has 1 unspecified atom stereocenters. The number of hydrogen-bond donors (Lipinski definition) is 2. The van der Waals surface area contributed by atoms with Gasteiger partial charge >= 0.3 is 0 Å². The summed E-state index contributed by atoms with van der Waals surface area (Å²) in [6, 6.07) is 2.38. The molecule has 0 amide bonds. The summed E-state index contributed by atoms with van der Waals surface area (Å²) in [5.41, 5.74) is 9.14. The van der Waals surface area contributed by atoms with Crippen LogP contribution >= 0.6 is 12.2 Å². The molecule has 1 aliphatic carbocycles. The molecule has 104 valence electrons. The summed E-state index contributed by atoms with van der Waals surface area (Å²) < 4.78 is 5.09. The zero-order valence-corrected chi connectivity index (χ0v) is 12.3. The maximum absolute atomic E-state index is 5.81. The monoisotopic (exact) mass is 279 g/mol. The number of thiocarbonyl (C=S) groups is 1. The molecular weight excluding hydrogens is 258 g/mol. The molecule has 0 saturated carbocycles. The highest BCUT2D eigenvalue weighted by Crippen LogP contribution is 2.25. The van der Waals surface area contributed by atoms with E-state index < -0.39 is 0 Å². The summed E-state index contributed by atoms with van der Waals surface area (Å²) in [4.78, 5) is 5.11. The Labute approximate surface area is 119 Å². The largest absolute Gasteiger partial charge is 0.389 e. The van der Waals surface area contributed by atoms with Gasteiger partial charge in [0.2, 0.25) is 0 Å². The Balaban J connectivity index is 2.20. The smallest absolute Gasteiger partial charge is 0.136 e. The number of rotatable bonds is 6. The van der Waals surface area contributed by atoms with Gasteiger partial charge in [-0.25, -0.2) is 4.98 Å². The topological polar surface area (TPSA) is 60.2 Å². The van der Waals surface area contributed by atoms with E-state index in [0.717, 1.165) is 37.3 Å². The van der Waals surface area contributed by atoms with E-state index in [-0.39, 0.29) is 6.04 Å². The number of fused-ring (bicyclic) bond motifs is 1. The molecule has 4 nitrogen and oxygen atoms in total. The minimum Gasteiger partial charge on any atom is -0.389 e. The second kappa shape index (κ2) is 6.30. The Bertz CT molecular complexity index is 476. The molecule has 0 radical (unpaired) electrons. The lowest BCUT2D eigenvalue weighted by molar-refractivity contribution is 0.191. The third-order valence-corrected chi connectivity index (χ3v) is 3.67. The van der Waals surface area contributed by atoms with Gasteiger partial charge in [-0.3, -0.25) is 0 Å². The van der Waals surface area contributed by atoms with Gasteiger partial charge in [-0.05, 0) is 44.2 Å². The van der Waals surface area contributed by atoms with Crippen molar-refractivity contribution in [2.24, 2.45) is 5.73 Å². The van der Waals surface area contributed by atoms with Gasteiger partial charge in [0.05, 0.1) is 5.56 Å². The van der Waals surface area contributed by atoms with Crippen molar-refractivity contribution in [3.63, 3.8) is 0 Å². The summed E-state index contributed by atoms with van der Waals surface area (Å²) in [7, 11) is 1.71. The van der Waals surface area contributed by atoms with E-state index in [2.05, 4.69) is 18.3 Å². The molecule has 0 spiro atoms. The van der Waals surface area contributed by atoms with Crippen LogP contribution in [0.15, 0.2) is 6.07 Å². The van der Waals surface area contributed by atoms with E-state index in [0.29, 0.717) is 4.99 Å². The van der Waals surface area contributed by atoms with Gasteiger partial charge in [0.25, 0.3) is 0 Å². The van der Waals surface area contributed by atoms with E-state index in [1.54, 1.807) is 7.11 Å². The number of nitrogens with two attached hydrogens (primary N) is 1. The maximum Gasteiger partial charge on any atom is 0.136 e. The Morgan fingerprint density at radius 1 is 1.58 bits per heavy atom. The summed E-state index contributed by atoms with van der Waals surface area (Å²) in [5.74, 6) is 0.816. The number of hydrogen-bond acceptors (Lipinski definition) is 4. The Morgan fingerprint density at radius 3 is 3.05 bits per heavy atom. The van der Waals surface area contributed by atoms with Gasteiger partial charge in [0.1, 0.15) is 10.8 Å². The average molecular weight is 279 g/mol. The minimum absolute atomic E-state index is 0.278. The van der Waals surface area contributed by atoms with Crippen LogP contribution in [0.3, 0.4) is 0 Å². The van der Waals surface area contributed by atoms with E-state index in [4.69, 9.17) is 27.7 Å². The van der Waals surface area contributed by atoms with Gasteiger partial charge < -0.3 is 15.8 Å². The summed E-state index contributed by atoms with van der Waals surface area (Å²) in [6.07, 6.45) is 4.22. The van der Waals surface area contributed by atoms with Gasteiger partial charge in [0, 0.05) is 25.5 Å². The average Bonchev–Trinajstić information content (AvgIpc) is 2.82. The summed E-state index contributed by atoms with van der Waals surface area (Å²) >= 11 is 5.13. The van der Waals surface area contributed by atoms with Crippen molar-refractivity contribution in [2.75, 3.05) is 19.0 Å². The lowest BCUT2D eigenvalue weighted by Crippen LogP contribution is -2.22. The van der Waals surface area contributed by atoms with Crippen molar-refractivity contribution in [1.29, 1.82) is 0 Å². The molecule has 0 saturated heterocycles. The molecule has 2 rings (SSSR count). The van der Waals surface area contributed by atoms with Gasteiger partial charge in [-0.15, -0.1) is 0 Å². The van der Waals surface area contributed by atoms with Gasteiger partial charge in [-0.1, -0.05) is 12.2 Å². The molecule has 1 aliphatic rings. The second-order valence-electron chi connectivity index (χ2n) is 5.04. The third-order valence-electron chi connectivity index (χ3n) is 3.45. The quantitative estimate of drug-likeness (QED) is 0.780. The highest BCUT2D eigenvalue weighted by Gasteiger charge is 2.18. The number of nitrogens with one attached hydrogen (secondary N) is 1. The SMILES string of the molecule is COCCC(C)Nc1nc2c(cc1C(N)=S)CCC2. The van der Waals surface area contributed by atoms with Crippen LogP contribution in [0.5, 0.6) is 0 Å². The molecule has 0 aliphatic heterocycles. The second-order valence-corrected chi connectivity index (χ2v) is 5.47. The number of ether oxygens (including phenoxy) is 1. The first-order valence-corrected chi connectivity index (χ1v) is 7.10. The van der Waals surface area contributed by atoms with Crippen LogP contribution in [-0.2, 0) is 17.6 Å². The van der Waals surface area contributed by atoms with Crippen LogP contribution < -0.4 is 11.1 Å². The Kier molecular flexibility index (Phi) is 4.71. The van der Waals surface area contributed by atoms with Crippen molar-refractivity contribution in [3.8, 4) is 0 Å². The highest BCUT2D eigenvalue weighted by atomic mass is 32.1. The zero-order chi connectivity index (χ0) is 13.8. The van der Waals surface area contributed by atoms with E-state index in [1.807, 2.05) is 0 Å². The van der Waals surface area contributed by atoms with Crippen molar-refractivity contribution in [3.05, 3.63) is 22.9 Å². The van der Waals surface area contributed by atoms with Crippen molar-refractivity contribution >= 4 is 23.0 Å². The molecule has 5 heteroatoms. The zero-order valence-electron chi connectivity index (χ0n) is 11.5. The first-order chi connectivity index (χ1) is 9.11. The van der Waals surface area contributed by atoms with Gasteiger partial charge in [-0.2, -0.15) is 0 Å². The van der Waals surface area contributed by atoms with Crippen LogP contribution in [0.4, 0.5) is 5.82 Å². The Morgan fingerprint density at radius 2 is 2.37 bits per heavy atom. The molecule has 1 aromatic heterocycles. The van der Waals surface area contributed by atoms with E-state index in [9.17, 15) is 0 Å². The normalized spacial score (nSPS) is 15.1. The number of anilines is 1. The lowest BCUT2D eigenvalue weighted by atomic mass is 10.1. The maximum atomic E-state index is 5.81. The minimum atomic E-state index is 0.278. The first kappa shape index (κ1) is 14.2. The van der Waals surface area contributed by atoms with Crippen LogP contribution in [-0.4, -0.2) is 29.7 Å². The number of aromatic nitrogens is 1. The molecule has 1 aromatic rings. The molecule has 19 heavy (non-hydrogen) atoms. The summed E-state index contributed by atoms with van der Waals surface area (Å²) in [6.45, 7) is 2.83. The van der Waals surface area contributed by atoms with Crippen LogP contribution in [0, 0.1) is 0 Å². The number of nitrogens with zero attached hydrogens (tertiary/aromatic N) is 1. The standard InChI is InChI=1S/C14H21N3OS/c1-9(6-7-18-2)16-14-11(13(15)19)8-10-4-3-5-12(10)17-14/h8-9H,3-7H2,1-2H3,(H2,15,19)(H,16,17). The van der Waals surface area contributed by atoms with E-state index >= 15 is 0 Å². The molecule has 0 fully saturated rings. The fraction of sp³-hybridized carbons (Fsp3) is 0.571. The van der Waals surface area contributed by atoms with Crippen LogP contribution in [0.2, 0.25) is 0 Å². The molecular formula is C14H21N3OS. The predicted molar refractivity (Wildman–Crippen MR) is 81.7 cm³/mol. The number of pyridine rings is 1. The van der Waals surface area contributed by atoms with Crippen molar-refractivity contribution < 1.29 is 4.74 Å². The number of aryl methyl sites for hydroxylation is 2. The molecule has 0 aromatic carbocycles. The predicted octanol–water partition coefficient (Wildman–Crippen LogP) is 2.04. The van der Waals surface area contributed by atoms with Crippen LogP contribution in [0.25, 0.3) is 0 Å². The Hall–Kier alpha value is -1.20. The molecule has 1 heterocycles. The summed E-state index contributed by atoms with van der Waals surface area (Å²) in [5, 5.41) is 3.40. The third kappa shape index (κ3) is 3.42. The fourth-order valence-corrected chi connectivity index (χ4v) is 2.53. The molecule has 3 N–H and O–H groups in total. The van der Waals surface area contributed by atoms with Gasteiger partial charge in [0.15, 0.2) is 0 Å². The van der Waals surface area contributed by atoms with Crippen molar-refractivity contribution in [1.82, 2.24) is 4.98 Å². The molecule has 1 atom stereocenters. The van der Waals surface area contributed by atoms with Crippen molar-refractivity contribution in [2.45, 2.75) is 38.6 Å².